The molecule has 0 aromatic carbocycles. The Balaban J connectivity index is 1.46. The van der Waals surface area contributed by atoms with Gasteiger partial charge in [-0.3, -0.25) is 9.36 Å². The summed E-state index contributed by atoms with van der Waals surface area (Å²) in [5, 5.41) is 6.84. The number of carbonyl (C=O) groups is 1. The summed E-state index contributed by atoms with van der Waals surface area (Å²) in [5.41, 5.74) is 1.09. The highest BCUT2D eigenvalue weighted by atomic mass is 16.5. The largest absolute Gasteiger partial charge is 0.376 e. The number of amides is 1. The quantitative estimate of drug-likeness (QED) is 0.667. The summed E-state index contributed by atoms with van der Waals surface area (Å²) in [7, 11) is 0. The topological polar surface area (TPSA) is 108 Å². The second kappa shape index (κ2) is 8.30. The Labute approximate surface area is 162 Å². The van der Waals surface area contributed by atoms with Gasteiger partial charge in [-0.1, -0.05) is 12.1 Å². The number of hydrogen-bond donors (Lipinski definition) is 1. The molecule has 1 atom stereocenters. The minimum atomic E-state index is -0.230. The molecular weight excluding hydrogens is 360 g/mol. The number of hydrogen-bond acceptors (Lipinski definition) is 7. The molecule has 1 saturated heterocycles. The molecule has 9 heteroatoms. The molecule has 146 valence electrons. The molecule has 0 saturated carbocycles. The Bertz CT molecular complexity index is 945. The number of imidazole rings is 1. The lowest BCUT2D eigenvalue weighted by atomic mass is 10.2. The number of ether oxygens (including phenoxy) is 1. The van der Waals surface area contributed by atoms with Crippen LogP contribution in [0.4, 0.5) is 0 Å². The van der Waals surface area contributed by atoms with E-state index in [1.807, 2.05) is 6.07 Å². The third kappa shape index (κ3) is 4.09. The van der Waals surface area contributed by atoms with E-state index in [-0.39, 0.29) is 12.0 Å². The van der Waals surface area contributed by atoms with Crippen LogP contribution in [0.3, 0.4) is 0 Å². The number of aryl methyl sites for hydroxylation is 1. The van der Waals surface area contributed by atoms with E-state index in [0.29, 0.717) is 29.8 Å². The Morgan fingerprint density at radius 3 is 3.14 bits per heavy atom. The van der Waals surface area contributed by atoms with E-state index in [0.717, 1.165) is 37.9 Å². The van der Waals surface area contributed by atoms with Crippen LogP contribution < -0.4 is 5.32 Å². The minimum absolute atomic E-state index is 0.0939. The van der Waals surface area contributed by atoms with Crippen molar-refractivity contribution in [3.63, 3.8) is 0 Å². The molecule has 1 N–H and O–H groups in total. The van der Waals surface area contributed by atoms with Crippen LogP contribution >= 0.6 is 0 Å². The van der Waals surface area contributed by atoms with Gasteiger partial charge in [0.15, 0.2) is 5.82 Å². The number of pyridine rings is 1. The normalized spacial score (nSPS) is 16.4. The van der Waals surface area contributed by atoms with Crippen LogP contribution in [-0.2, 0) is 11.2 Å². The number of rotatable bonds is 7. The van der Waals surface area contributed by atoms with Crippen LogP contribution in [0.2, 0.25) is 0 Å². The van der Waals surface area contributed by atoms with E-state index in [9.17, 15) is 4.79 Å². The summed E-state index contributed by atoms with van der Waals surface area (Å²) in [4.78, 5) is 25.2. The van der Waals surface area contributed by atoms with Gasteiger partial charge < -0.3 is 14.6 Å². The van der Waals surface area contributed by atoms with Gasteiger partial charge in [0.05, 0.1) is 6.10 Å². The molecule has 4 heterocycles. The molecule has 3 aromatic rings. The fraction of sp³-hybridized carbons (Fsp3) is 0.421. The number of nitrogens with one attached hydrogen (secondary N) is 1. The van der Waals surface area contributed by atoms with Gasteiger partial charge in [-0.25, -0.2) is 9.97 Å². The second-order valence-corrected chi connectivity index (χ2v) is 6.68. The predicted octanol–water partition coefficient (Wildman–Crippen LogP) is 2.18. The molecule has 0 bridgehead atoms. The lowest BCUT2D eigenvalue weighted by molar-refractivity contribution is 0.0854. The van der Waals surface area contributed by atoms with Crippen LogP contribution in [-0.4, -0.2) is 49.8 Å². The first kappa shape index (κ1) is 18.3. The van der Waals surface area contributed by atoms with Crippen LogP contribution in [0.15, 0.2) is 35.4 Å². The Morgan fingerprint density at radius 2 is 2.32 bits per heavy atom. The van der Waals surface area contributed by atoms with Crippen molar-refractivity contribution in [2.45, 2.75) is 38.7 Å². The van der Waals surface area contributed by atoms with Gasteiger partial charge in [-0.15, -0.1) is 0 Å². The van der Waals surface area contributed by atoms with E-state index in [1.54, 1.807) is 29.4 Å². The Morgan fingerprint density at radius 1 is 1.39 bits per heavy atom. The Hall–Kier alpha value is -3.07. The highest BCUT2D eigenvalue weighted by Crippen LogP contribution is 2.19. The first-order valence-corrected chi connectivity index (χ1v) is 9.46. The van der Waals surface area contributed by atoms with Crippen LogP contribution in [0, 0.1) is 0 Å². The molecule has 0 unspecified atom stereocenters. The Kier molecular flexibility index (Phi) is 5.43. The van der Waals surface area contributed by atoms with Crippen LogP contribution in [0.5, 0.6) is 0 Å². The summed E-state index contributed by atoms with van der Waals surface area (Å²) in [6.45, 7) is 3.32. The molecule has 4 rings (SSSR count). The fourth-order valence-corrected chi connectivity index (χ4v) is 3.06. The van der Waals surface area contributed by atoms with Gasteiger partial charge in [0, 0.05) is 37.5 Å². The third-order valence-electron chi connectivity index (χ3n) is 4.53. The van der Waals surface area contributed by atoms with Gasteiger partial charge >= 0.3 is 0 Å². The molecule has 1 aliphatic heterocycles. The van der Waals surface area contributed by atoms with Crippen LogP contribution in [0.1, 0.15) is 42.5 Å². The van der Waals surface area contributed by atoms with Gasteiger partial charge in [-0.05, 0) is 31.4 Å². The molecule has 3 aromatic heterocycles. The van der Waals surface area contributed by atoms with Gasteiger partial charge in [0.1, 0.15) is 17.8 Å². The molecule has 1 fully saturated rings. The van der Waals surface area contributed by atoms with E-state index in [1.165, 1.54) is 0 Å². The van der Waals surface area contributed by atoms with E-state index in [2.05, 4.69) is 32.3 Å². The SMILES string of the molecule is CCCc1noc(-c2ccnc(-n3cnc(C(=O)NC[C@H]4CCCO4)c3)c2)n1. The fourth-order valence-electron chi connectivity index (χ4n) is 3.06. The molecule has 28 heavy (non-hydrogen) atoms. The smallest absolute Gasteiger partial charge is 0.271 e. The van der Waals surface area contributed by atoms with E-state index in [4.69, 9.17) is 9.26 Å². The van der Waals surface area contributed by atoms with Crippen molar-refractivity contribution in [1.82, 2.24) is 30.0 Å². The second-order valence-electron chi connectivity index (χ2n) is 6.68. The van der Waals surface area contributed by atoms with Crippen molar-refractivity contribution in [2.75, 3.05) is 13.2 Å². The molecule has 1 aliphatic rings. The van der Waals surface area contributed by atoms with Crippen molar-refractivity contribution in [3.05, 3.63) is 42.4 Å². The third-order valence-corrected chi connectivity index (χ3v) is 4.53. The van der Waals surface area contributed by atoms with Crippen molar-refractivity contribution >= 4 is 5.91 Å². The maximum Gasteiger partial charge on any atom is 0.271 e. The minimum Gasteiger partial charge on any atom is -0.376 e. The average Bonchev–Trinajstić information content (AvgIpc) is 3.48. The molecule has 9 nitrogen and oxygen atoms in total. The predicted molar refractivity (Wildman–Crippen MR) is 100.0 cm³/mol. The molecule has 1 amide bonds. The summed E-state index contributed by atoms with van der Waals surface area (Å²) >= 11 is 0. The van der Waals surface area contributed by atoms with Gasteiger partial charge in [0.25, 0.3) is 11.8 Å². The zero-order chi connectivity index (χ0) is 19.3. The van der Waals surface area contributed by atoms with Crippen molar-refractivity contribution in [1.29, 1.82) is 0 Å². The summed E-state index contributed by atoms with van der Waals surface area (Å²) in [5.74, 6) is 1.51. The average molecular weight is 382 g/mol. The van der Waals surface area contributed by atoms with Crippen molar-refractivity contribution in [3.8, 4) is 17.3 Å². The van der Waals surface area contributed by atoms with E-state index < -0.39 is 0 Å². The zero-order valence-electron chi connectivity index (χ0n) is 15.7. The maximum atomic E-state index is 12.3. The lowest BCUT2D eigenvalue weighted by Crippen LogP contribution is -2.31. The van der Waals surface area contributed by atoms with Gasteiger partial charge in [-0.2, -0.15) is 4.98 Å². The summed E-state index contributed by atoms with van der Waals surface area (Å²) in [6.07, 6.45) is 8.69. The summed E-state index contributed by atoms with van der Waals surface area (Å²) < 4.78 is 12.5. The molecule has 0 aliphatic carbocycles. The molecule has 0 radical (unpaired) electrons. The monoisotopic (exact) mass is 382 g/mol. The first-order chi connectivity index (χ1) is 13.7. The highest BCUT2D eigenvalue weighted by molar-refractivity contribution is 5.92. The standard InChI is InChI=1S/C19H22N6O3/c1-2-4-16-23-19(28-24-16)13-6-7-20-17(9-13)25-11-15(22-12-25)18(26)21-10-14-5-3-8-27-14/h6-7,9,11-12,14H,2-5,8,10H2,1H3,(H,21,26)/t14-/m1/s1. The lowest BCUT2D eigenvalue weighted by Gasteiger charge is -2.09. The number of carbonyl (C=O) groups excluding carboxylic acids is 1. The van der Waals surface area contributed by atoms with Gasteiger partial charge in [0.2, 0.25) is 0 Å². The maximum absolute atomic E-state index is 12.3. The van der Waals surface area contributed by atoms with Crippen molar-refractivity contribution < 1.29 is 14.1 Å². The van der Waals surface area contributed by atoms with Crippen molar-refractivity contribution in [2.24, 2.45) is 0 Å². The number of aromatic nitrogens is 5. The zero-order valence-corrected chi connectivity index (χ0v) is 15.7. The number of nitrogens with zero attached hydrogens (tertiary/aromatic N) is 5. The summed E-state index contributed by atoms with van der Waals surface area (Å²) in [6, 6.07) is 3.62. The molecular formula is C19H22N6O3. The van der Waals surface area contributed by atoms with E-state index >= 15 is 0 Å². The first-order valence-electron chi connectivity index (χ1n) is 9.46. The molecule has 0 spiro atoms. The highest BCUT2D eigenvalue weighted by Gasteiger charge is 2.18. The van der Waals surface area contributed by atoms with Crippen LogP contribution in [0.25, 0.3) is 17.3 Å².